The highest BCUT2D eigenvalue weighted by atomic mass is 35.5. The van der Waals surface area contributed by atoms with Crippen molar-refractivity contribution in [1.82, 2.24) is 20.3 Å². The summed E-state index contributed by atoms with van der Waals surface area (Å²) in [6.45, 7) is 5.75. The molecule has 0 aliphatic carbocycles. The number of anilines is 1. The molecule has 1 fully saturated rings. The molecule has 0 spiro atoms. The molecular formula is C16H22ClN5O2. The van der Waals surface area contributed by atoms with Crippen molar-refractivity contribution in [2.75, 3.05) is 37.7 Å². The quantitative estimate of drug-likeness (QED) is 0.791. The SMILES string of the molecule is C[C@@H]1CNCCN1c1nccnc1OCCOc1cccnc1.Cl. The van der Waals surface area contributed by atoms with Crippen LogP contribution in [-0.4, -0.2) is 53.8 Å². The number of hydrogen-bond acceptors (Lipinski definition) is 7. The minimum atomic E-state index is 0. The molecule has 2 aromatic heterocycles. The zero-order valence-corrected chi connectivity index (χ0v) is 14.4. The van der Waals surface area contributed by atoms with Crippen molar-refractivity contribution in [3.63, 3.8) is 0 Å². The third-order valence-electron chi connectivity index (χ3n) is 3.65. The van der Waals surface area contributed by atoms with Crippen molar-refractivity contribution in [2.24, 2.45) is 0 Å². The van der Waals surface area contributed by atoms with Crippen molar-refractivity contribution < 1.29 is 9.47 Å². The van der Waals surface area contributed by atoms with Gasteiger partial charge in [0, 0.05) is 44.3 Å². The van der Waals surface area contributed by atoms with Gasteiger partial charge >= 0.3 is 0 Å². The fourth-order valence-electron chi connectivity index (χ4n) is 2.50. The maximum atomic E-state index is 5.78. The Labute approximate surface area is 147 Å². The number of rotatable bonds is 6. The van der Waals surface area contributed by atoms with Crippen molar-refractivity contribution >= 4 is 18.2 Å². The Morgan fingerprint density at radius 3 is 2.83 bits per heavy atom. The van der Waals surface area contributed by atoms with Crippen LogP contribution < -0.4 is 19.7 Å². The molecule has 1 aliphatic heterocycles. The summed E-state index contributed by atoms with van der Waals surface area (Å²) in [6.07, 6.45) is 6.73. The highest BCUT2D eigenvalue weighted by Gasteiger charge is 2.23. The van der Waals surface area contributed by atoms with Crippen molar-refractivity contribution in [1.29, 1.82) is 0 Å². The molecule has 1 N–H and O–H groups in total. The number of halogens is 1. The van der Waals surface area contributed by atoms with E-state index in [-0.39, 0.29) is 12.4 Å². The Morgan fingerprint density at radius 2 is 2.04 bits per heavy atom. The molecule has 3 heterocycles. The van der Waals surface area contributed by atoms with Gasteiger partial charge < -0.3 is 19.7 Å². The molecule has 8 heteroatoms. The summed E-state index contributed by atoms with van der Waals surface area (Å²) in [5, 5.41) is 3.37. The van der Waals surface area contributed by atoms with Crippen LogP contribution in [0, 0.1) is 0 Å². The minimum absolute atomic E-state index is 0. The molecule has 0 radical (unpaired) electrons. The first-order valence-electron chi connectivity index (χ1n) is 7.78. The maximum absolute atomic E-state index is 5.78. The van der Waals surface area contributed by atoms with Gasteiger partial charge in [0.2, 0.25) is 0 Å². The smallest absolute Gasteiger partial charge is 0.257 e. The lowest BCUT2D eigenvalue weighted by Crippen LogP contribution is -2.50. The lowest BCUT2D eigenvalue weighted by atomic mass is 10.2. The molecule has 0 unspecified atom stereocenters. The van der Waals surface area contributed by atoms with Gasteiger partial charge in [0.25, 0.3) is 5.88 Å². The Bertz CT molecular complexity index is 616. The third kappa shape index (κ3) is 4.69. The minimum Gasteiger partial charge on any atom is -0.488 e. The Kier molecular flexibility index (Phi) is 7.02. The van der Waals surface area contributed by atoms with E-state index in [1.807, 2.05) is 12.1 Å². The van der Waals surface area contributed by atoms with E-state index in [0.717, 1.165) is 31.2 Å². The number of ether oxygens (including phenoxy) is 2. The van der Waals surface area contributed by atoms with Gasteiger partial charge in [0.05, 0.1) is 6.20 Å². The van der Waals surface area contributed by atoms with Crippen LogP contribution in [0.3, 0.4) is 0 Å². The predicted octanol–water partition coefficient (Wildman–Crippen LogP) is 1.55. The van der Waals surface area contributed by atoms with Gasteiger partial charge in [0.1, 0.15) is 19.0 Å². The fraction of sp³-hybridized carbons (Fsp3) is 0.438. The number of pyridine rings is 1. The first-order valence-corrected chi connectivity index (χ1v) is 7.78. The fourth-order valence-corrected chi connectivity index (χ4v) is 2.50. The predicted molar refractivity (Wildman–Crippen MR) is 94.2 cm³/mol. The van der Waals surface area contributed by atoms with E-state index in [1.165, 1.54) is 0 Å². The normalized spacial score (nSPS) is 17.0. The summed E-state index contributed by atoms with van der Waals surface area (Å²) in [5.41, 5.74) is 0. The van der Waals surface area contributed by atoms with Crippen LogP contribution in [0.1, 0.15) is 6.92 Å². The largest absolute Gasteiger partial charge is 0.488 e. The summed E-state index contributed by atoms with van der Waals surface area (Å²) in [7, 11) is 0. The van der Waals surface area contributed by atoms with Crippen LogP contribution in [0.4, 0.5) is 5.82 Å². The Morgan fingerprint density at radius 1 is 1.21 bits per heavy atom. The Balaban J connectivity index is 0.00000208. The molecule has 2 aromatic rings. The summed E-state index contributed by atoms with van der Waals surface area (Å²) in [5.74, 6) is 2.07. The van der Waals surface area contributed by atoms with Crippen LogP contribution in [-0.2, 0) is 0 Å². The van der Waals surface area contributed by atoms with Gasteiger partial charge in [-0.1, -0.05) is 0 Å². The topological polar surface area (TPSA) is 72.4 Å². The molecule has 0 bridgehead atoms. The molecule has 0 amide bonds. The number of hydrogen-bond donors (Lipinski definition) is 1. The third-order valence-corrected chi connectivity index (χ3v) is 3.65. The zero-order valence-electron chi connectivity index (χ0n) is 13.6. The molecule has 1 aliphatic rings. The van der Waals surface area contributed by atoms with Crippen molar-refractivity contribution in [3.05, 3.63) is 36.9 Å². The first kappa shape index (κ1) is 18.2. The second kappa shape index (κ2) is 9.24. The molecule has 130 valence electrons. The van der Waals surface area contributed by atoms with E-state index in [0.29, 0.717) is 25.1 Å². The van der Waals surface area contributed by atoms with E-state index in [4.69, 9.17) is 9.47 Å². The molecular weight excluding hydrogens is 330 g/mol. The average Bonchev–Trinajstić information content (AvgIpc) is 2.61. The molecule has 3 rings (SSSR count). The highest BCUT2D eigenvalue weighted by Crippen LogP contribution is 2.25. The van der Waals surface area contributed by atoms with Crippen LogP contribution in [0.5, 0.6) is 11.6 Å². The van der Waals surface area contributed by atoms with E-state index >= 15 is 0 Å². The summed E-state index contributed by atoms with van der Waals surface area (Å²) in [4.78, 5) is 15.0. The van der Waals surface area contributed by atoms with E-state index in [1.54, 1.807) is 24.8 Å². The van der Waals surface area contributed by atoms with Gasteiger partial charge in [0.15, 0.2) is 5.82 Å². The second-order valence-corrected chi connectivity index (χ2v) is 5.32. The van der Waals surface area contributed by atoms with Crippen LogP contribution >= 0.6 is 12.4 Å². The molecule has 0 saturated carbocycles. The van der Waals surface area contributed by atoms with Crippen LogP contribution in [0.25, 0.3) is 0 Å². The van der Waals surface area contributed by atoms with Gasteiger partial charge in [-0.15, -0.1) is 12.4 Å². The molecule has 24 heavy (non-hydrogen) atoms. The molecule has 0 aromatic carbocycles. The van der Waals surface area contributed by atoms with Crippen molar-refractivity contribution in [3.8, 4) is 11.6 Å². The molecule has 7 nitrogen and oxygen atoms in total. The average molecular weight is 352 g/mol. The lowest BCUT2D eigenvalue weighted by molar-refractivity contribution is 0.211. The molecule has 1 saturated heterocycles. The first-order chi connectivity index (χ1) is 11.3. The maximum Gasteiger partial charge on any atom is 0.257 e. The molecule has 1 atom stereocenters. The monoisotopic (exact) mass is 351 g/mol. The van der Waals surface area contributed by atoms with E-state index < -0.39 is 0 Å². The van der Waals surface area contributed by atoms with Crippen molar-refractivity contribution in [2.45, 2.75) is 13.0 Å². The lowest BCUT2D eigenvalue weighted by Gasteiger charge is -2.35. The number of nitrogens with one attached hydrogen (secondary N) is 1. The zero-order chi connectivity index (χ0) is 15.9. The van der Waals surface area contributed by atoms with Gasteiger partial charge in [-0.25, -0.2) is 9.97 Å². The number of piperazine rings is 1. The summed E-state index contributed by atoms with van der Waals surface area (Å²) < 4.78 is 11.4. The van der Waals surface area contributed by atoms with Gasteiger partial charge in [-0.2, -0.15) is 0 Å². The van der Waals surface area contributed by atoms with Gasteiger partial charge in [-0.05, 0) is 19.1 Å². The van der Waals surface area contributed by atoms with E-state index in [2.05, 4.69) is 32.1 Å². The second-order valence-electron chi connectivity index (χ2n) is 5.32. The van der Waals surface area contributed by atoms with Crippen LogP contribution in [0.2, 0.25) is 0 Å². The highest BCUT2D eigenvalue weighted by molar-refractivity contribution is 5.85. The Hall–Kier alpha value is -2.12. The van der Waals surface area contributed by atoms with E-state index in [9.17, 15) is 0 Å². The summed E-state index contributed by atoms with van der Waals surface area (Å²) in [6, 6.07) is 4.06. The van der Waals surface area contributed by atoms with Crippen LogP contribution in [0.15, 0.2) is 36.9 Å². The summed E-state index contributed by atoms with van der Waals surface area (Å²) >= 11 is 0. The number of aromatic nitrogens is 3. The van der Waals surface area contributed by atoms with Gasteiger partial charge in [-0.3, -0.25) is 4.98 Å². The standard InChI is InChI=1S/C16H21N5O2.ClH/c1-13-11-18-7-8-21(13)15-16(20-6-5-19-15)23-10-9-22-14-3-2-4-17-12-14;/h2-6,12-13,18H,7-11H2,1H3;1H/t13-;/m1./s1. The number of nitrogens with zero attached hydrogens (tertiary/aromatic N) is 4.